The summed E-state index contributed by atoms with van der Waals surface area (Å²) < 4.78 is 20.2. The van der Waals surface area contributed by atoms with Crippen LogP contribution in [0.25, 0.3) is 11.4 Å². The van der Waals surface area contributed by atoms with Crippen LogP contribution in [0.4, 0.5) is 20.7 Å². The van der Waals surface area contributed by atoms with Gasteiger partial charge in [0.2, 0.25) is 0 Å². The standard InChI is InChI=1S/C19H23FN6O2/c1-2-22-19(27)23-12-3-4-13(15(20)9-12)17-24-16-11-21-10-14(16)18(25-17)26-5-7-28-8-6-26/h3-4,9,21H,2,5-8,10-11H2,1H3,(H2,22,23,27). The molecule has 2 amide bonds. The van der Waals surface area contributed by atoms with Crippen molar-refractivity contribution >= 4 is 17.5 Å². The summed E-state index contributed by atoms with van der Waals surface area (Å²) >= 11 is 0. The lowest BCUT2D eigenvalue weighted by Gasteiger charge is -2.29. The van der Waals surface area contributed by atoms with E-state index in [2.05, 4.69) is 25.8 Å². The normalized spacial score (nSPS) is 16.0. The Balaban J connectivity index is 1.66. The number of urea groups is 1. The van der Waals surface area contributed by atoms with E-state index in [0.29, 0.717) is 49.9 Å². The van der Waals surface area contributed by atoms with Gasteiger partial charge in [-0.25, -0.2) is 19.2 Å². The third-order valence-corrected chi connectivity index (χ3v) is 4.78. The molecule has 3 heterocycles. The van der Waals surface area contributed by atoms with Gasteiger partial charge in [0.15, 0.2) is 5.82 Å². The van der Waals surface area contributed by atoms with Gasteiger partial charge in [0.05, 0.1) is 24.5 Å². The summed E-state index contributed by atoms with van der Waals surface area (Å²) in [5.74, 6) is 0.719. The van der Waals surface area contributed by atoms with Gasteiger partial charge in [-0.3, -0.25) is 0 Å². The third-order valence-electron chi connectivity index (χ3n) is 4.78. The zero-order valence-electron chi connectivity index (χ0n) is 15.7. The number of nitrogens with one attached hydrogen (secondary N) is 3. The van der Waals surface area contributed by atoms with E-state index < -0.39 is 5.82 Å². The van der Waals surface area contributed by atoms with Gasteiger partial charge in [0, 0.05) is 44.0 Å². The Morgan fingerprint density at radius 2 is 2.11 bits per heavy atom. The fraction of sp³-hybridized carbons (Fsp3) is 0.421. The van der Waals surface area contributed by atoms with Crippen molar-refractivity contribution < 1.29 is 13.9 Å². The van der Waals surface area contributed by atoms with Crippen molar-refractivity contribution in [3.63, 3.8) is 0 Å². The number of halogens is 1. The number of morpholine rings is 1. The maximum atomic E-state index is 14.8. The number of hydrogen-bond donors (Lipinski definition) is 3. The van der Waals surface area contributed by atoms with Gasteiger partial charge in [0.25, 0.3) is 0 Å². The number of ether oxygens (including phenoxy) is 1. The lowest BCUT2D eigenvalue weighted by atomic mass is 10.1. The van der Waals surface area contributed by atoms with Gasteiger partial charge in [-0.05, 0) is 25.1 Å². The van der Waals surface area contributed by atoms with Crippen molar-refractivity contribution in [2.24, 2.45) is 0 Å². The largest absolute Gasteiger partial charge is 0.378 e. The first kappa shape index (κ1) is 18.6. The van der Waals surface area contributed by atoms with Crippen molar-refractivity contribution in [1.29, 1.82) is 0 Å². The quantitative estimate of drug-likeness (QED) is 0.743. The lowest BCUT2D eigenvalue weighted by molar-refractivity contribution is 0.122. The number of anilines is 2. The maximum absolute atomic E-state index is 14.8. The Bertz CT molecular complexity index is 885. The van der Waals surface area contributed by atoms with Gasteiger partial charge in [-0.1, -0.05) is 0 Å². The highest BCUT2D eigenvalue weighted by Gasteiger charge is 2.25. The van der Waals surface area contributed by atoms with Crippen LogP contribution in [0.5, 0.6) is 0 Å². The van der Waals surface area contributed by atoms with E-state index in [4.69, 9.17) is 9.72 Å². The van der Waals surface area contributed by atoms with Crippen LogP contribution in [-0.2, 0) is 17.8 Å². The minimum Gasteiger partial charge on any atom is -0.378 e. The van der Waals surface area contributed by atoms with Gasteiger partial charge in [-0.15, -0.1) is 0 Å². The molecule has 4 rings (SSSR count). The fourth-order valence-electron chi connectivity index (χ4n) is 3.42. The monoisotopic (exact) mass is 386 g/mol. The summed E-state index contributed by atoms with van der Waals surface area (Å²) in [6.07, 6.45) is 0. The molecule has 3 N–H and O–H groups in total. The Labute approximate surface area is 162 Å². The second-order valence-electron chi connectivity index (χ2n) is 6.68. The van der Waals surface area contributed by atoms with Crippen LogP contribution in [0.3, 0.4) is 0 Å². The molecule has 1 aromatic heterocycles. The molecule has 0 atom stereocenters. The molecular formula is C19H23FN6O2. The minimum atomic E-state index is -0.479. The molecule has 2 aromatic rings. The first-order valence-corrected chi connectivity index (χ1v) is 9.43. The molecule has 9 heteroatoms. The number of amides is 2. The van der Waals surface area contributed by atoms with E-state index in [1.165, 1.54) is 6.07 Å². The van der Waals surface area contributed by atoms with Crippen LogP contribution in [0.15, 0.2) is 18.2 Å². The number of hydrogen-bond acceptors (Lipinski definition) is 6. The van der Waals surface area contributed by atoms with Crippen LogP contribution in [-0.4, -0.2) is 48.8 Å². The number of fused-ring (bicyclic) bond motifs is 1. The van der Waals surface area contributed by atoms with E-state index in [0.717, 1.165) is 30.2 Å². The summed E-state index contributed by atoms with van der Waals surface area (Å²) in [5, 5.41) is 8.51. The predicted octanol–water partition coefficient (Wildman–Crippen LogP) is 1.86. The number of rotatable bonds is 4. The molecule has 8 nitrogen and oxygen atoms in total. The molecule has 0 spiro atoms. The van der Waals surface area contributed by atoms with E-state index in [-0.39, 0.29) is 6.03 Å². The summed E-state index contributed by atoms with van der Waals surface area (Å²) in [6.45, 7) is 6.46. The fourth-order valence-corrected chi connectivity index (χ4v) is 3.42. The van der Waals surface area contributed by atoms with Crippen molar-refractivity contribution in [3.05, 3.63) is 35.3 Å². The molecule has 28 heavy (non-hydrogen) atoms. The van der Waals surface area contributed by atoms with E-state index in [9.17, 15) is 9.18 Å². The zero-order valence-corrected chi connectivity index (χ0v) is 15.7. The second kappa shape index (κ2) is 8.07. The van der Waals surface area contributed by atoms with E-state index in [1.807, 2.05) is 6.92 Å². The average Bonchev–Trinajstić information content (AvgIpc) is 3.17. The maximum Gasteiger partial charge on any atom is 0.319 e. The number of benzene rings is 1. The molecular weight excluding hydrogens is 363 g/mol. The first-order valence-electron chi connectivity index (χ1n) is 9.43. The van der Waals surface area contributed by atoms with Crippen molar-refractivity contribution in [3.8, 4) is 11.4 Å². The van der Waals surface area contributed by atoms with Crippen LogP contribution in [0, 0.1) is 5.82 Å². The summed E-state index contributed by atoms with van der Waals surface area (Å²) in [4.78, 5) is 23.1. The van der Waals surface area contributed by atoms with Crippen LogP contribution in [0.1, 0.15) is 18.2 Å². The molecule has 0 radical (unpaired) electrons. The average molecular weight is 386 g/mol. The molecule has 0 bridgehead atoms. The Hall–Kier alpha value is -2.78. The van der Waals surface area contributed by atoms with Crippen molar-refractivity contribution in [2.75, 3.05) is 43.1 Å². The molecule has 0 saturated carbocycles. The molecule has 2 aliphatic heterocycles. The third kappa shape index (κ3) is 3.76. The van der Waals surface area contributed by atoms with Crippen molar-refractivity contribution in [2.45, 2.75) is 20.0 Å². The van der Waals surface area contributed by atoms with Gasteiger partial charge in [-0.2, -0.15) is 0 Å². The molecule has 1 saturated heterocycles. The zero-order chi connectivity index (χ0) is 19.5. The SMILES string of the molecule is CCNC(=O)Nc1ccc(-c2nc3c(c(N4CCOCC4)n2)CNC3)c(F)c1. The molecule has 148 valence electrons. The summed E-state index contributed by atoms with van der Waals surface area (Å²) in [6, 6.07) is 4.17. The van der Waals surface area contributed by atoms with Crippen LogP contribution < -0.4 is 20.9 Å². The smallest absolute Gasteiger partial charge is 0.319 e. The van der Waals surface area contributed by atoms with Crippen molar-refractivity contribution in [1.82, 2.24) is 20.6 Å². The number of carbonyl (C=O) groups excluding carboxylic acids is 1. The van der Waals surface area contributed by atoms with Gasteiger partial charge >= 0.3 is 6.03 Å². The van der Waals surface area contributed by atoms with Gasteiger partial charge < -0.3 is 25.6 Å². The summed E-state index contributed by atoms with van der Waals surface area (Å²) in [5.41, 5.74) is 2.66. The summed E-state index contributed by atoms with van der Waals surface area (Å²) in [7, 11) is 0. The van der Waals surface area contributed by atoms with E-state index in [1.54, 1.807) is 12.1 Å². The number of aromatic nitrogens is 2. The lowest BCUT2D eigenvalue weighted by Crippen LogP contribution is -2.37. The highest BCUT2D eigenvalue weighted by Crippen LogP contribution is 2.30. The highest BCUT2D eigenvalue weighted by atomic mass is 19.1. The molecule has 1 aromatic carbocycles. The second-order valence-corrected chi connectivity index (χ2v) is 6.68. The number of nitrogens with zero attached hydrogens (tertiary/aromatic N) is 3. The van der Waals surface area contributed by atoms with E-state index >= 15 is 0 Å². The molecule has 0 aliphatic carbocycles. The predicted molar refractivity (Wildman–Crippen MR) is 104 cm³/mol. The molecule has 0 unspecified atom stereocenters. The first-order chi connectivity index (χ1) is 13.7. The topological polar surface area (TPSA) is 91.4 Å². The van der Waals surface area contributed by atoms with Crippen LogP contribution in [0.2, 0.25) is 0 Å². The van der Waals surface area contributed by atoms with Gasteiger partial charge in [0.1, 0.15) is 11.6 Å². The highest BCUT2D eigenvalue weighted by molar-refractivity contribution is 5.89. The molecule has 1 fully saturated rings. The Morgan fingerprint density at radius 1 is 1.29 bits per heavy atom. The minimum absolute atomic E-state index is 0.311. The van der Waals surface area contributed by atoms with Crippen LogP contribution >= 0.6 is 0 Å². The Kier molecular flexibility index (Phi) is 5.36. The molecule has 2 aliphatic rings. The number of carbonyl (C=O) groups is 1. The Morgan fingerprint density at radius 3 is 2.86 bits per heavy atom.